The molecule has 72 valence electrons. The van der Waals surface area contributed by atoms with Crippen molar-refractivity contribution in [2.75, 3.05) is 13.4 Å². The Kier molecular flexibility index (Phi) is 3.06. The van der Waals surface area contributed by atoms with Gasteiger partial charge in [-0.3, -0.25) is 0 Å². The van der Waals surface area contributed by atoms with E-state index in [4.69, 9.17) is 9.52 Å². The molecule has 1 aromatic carbocycles. The van der Waals surface area contributed by atoms with E-state index < -0.39 is 9.73 Å². The van der Waals surface area contributed by atoms with Crippen molar-refractivity contribution >= 4 is 9.73 Å². The highest BCUT2D eigenvalue weighted by molar-refractivity contribution is 7.91. The van der Waals surface area contributed by atoms with Gasteiger partial charge in [0.15, 0.2) is 0 Å². The average Bonchev–Trinajstić information content (AvgIpc) is 2.04. The van der Waals surface area contributed by atoms with Gasteiger partial charge < -0.3 is 4.74 Å². The molecule has 0 amide bonds. The molecule has 0 saturated carbocycles. The molecule has 0 aromatic heterocycles. The Morgan fingerprint density at radius 1 is 1.38 bits per heavy atom. The van der Waals surface area contributed by atoms with Crippen molar-refractivity contribution in [2.24, 2.45) is 0 Å². The minimum absolute atomic E-state index is 0.545. The predicted molar refractivity (Wildman–Crippen MR) is 52.2 cm³/mol. The van der Waals surface area contributed by atoms with Crippen LogP contribution in [0.2, 0.25) is 0 Å². The summed E-state index contributed by atoms with van der Waals surface area (Å²) in [7, 11) is -0.949. The summed E-state index contributed by atoms with van der Waals surface area (Å²) in [6, 6.07) is 7.08. The first-order chi connectivity index (χ1) is 6.04. The summed E-state index contributed by atoms with van der Waals surface area (Å²) in [5.41, 5.74) is 1.02. The molecular weight excluding hydrogens is 186 g/mol. The van der Waals surface area contributed by atoms with Crippen LogP contribution in [-0.4, -0.2) is 17.6 Å². The van der Waals surface area contributed by atoms with Crippen LogP contribution in [0, 0.1) is 4.78 Å². The van der Waals surface area contributed by atoms with Crippen molar-refractivity contribution in [3.05, 3.63) is 29.8 Å². The van der Waals surface area contributed by atoms with Crippen molar-refractivity contribution in [3.8, 4) is 0 Å². The molecule has 0 aliphatic rings. The maximum Gasteiger partial charge on any atom is 0.0713 e. The summed E-state index contributed by atoms with van der Waals surface area (Å²) in [6.45, 7) is 0.545. The molecule has 1 unspecified atom stereocenters. The lowest BCUT2D eigenvalue weighted by Crippen LogP contribution is -1.95. The molecule has 1 N–H and O–H groups in total. The van der Waals surface area contributed by atoms with Gasteiger partial charge in [0.1, 0.15) is 0 Å². The Hall–Kier alpha value is -0.870. The van der Waals surface area contributed by atoms with Gasteiger partial charge in [0.2, 0.25) is 0 Å². The molecule has 1 atom stereocenters. The van der Waals surface area contributed by atoms with Gasteiger partial charge in [0.25, 0.3) is 0 Å². The zero-order valence-corrected chi connectivity index (χ0v) is 8.56. The van der Waals surface area contributed by atoms with E-state index in [2.05, 4.69) is 0 Å². The van der Waals surface area contributed by atoms with Gasteiger partial charge in [-0.25, -0.2) is 8.99 Å². The van der Waals surface area contributed by atoms with Gasteiger partial charge in [-0.05, 0) is 17.7 Å². The van der Waals surface area contributed by atoms with Gasteiger partial charge in [0.05, 0.1) is 16.3 Å². The molecule has 3 nitrogen and oxygen atoms in total. The minimum atomic E-state index is -2.58. The van der Waals surface area contributed by atoms with Gasteiger partial charge in [0, 0.05) is 18.3 Å². The summed E-state index contributed by atoms with van der Waals surface area (Å²) >= 11 is 0. The van der Waals surface area contributed by atoms with Crippen LogP contribution in [0.5, 0.6) is 0 Å². The standard InChI is InChI=1S/C9H13NO2S/c1-12-7-8-3-5-9(6-4-8)13(2,10)11/h3-6,10H,7H2,1-2H3. The summed E-state index contributed by atoms with van der Waals surface area (Å²) in [5, 5.41) is 0. The second-order valence-electron chi connectivity index (χ2n) is 2.92. The van der Waals surface area contributed by atoms with Crippen LogP contribution in [-0.2, 0) is 21.1 Å². The van der Waals surface area contributed by atoms with E-state index in [1.165, 1.54) is 6.26 Å². The van der Waals surface area contributed by atoms with Gasteiger partial charge in [-0.15, -0.1) is 0 Å². The normalized spacial score (nSPS) is 15.2. The highest BCUT2D eigenvalue weighted by atomic mass is 32.2. The Morgan fingerprint density at radius 3 is 2.31 bits per heavy atom. The van der Waals surface area contributed by atoms with E-state index in [9.17, 15) is 4.21 Å². The second kappa shape index (κ2) is 3.89. The molecule has 0 radical (unpaired) electrons. The Bertz CT molecular complexity index is 367. The monoisotopic (exact) mass is 199 g/mol. The topological polar surface area (TPSA) is 50.1 Å². The van der Waals surface area contributed by atoms with Crippen LogP contribution in [0.25, 0.3) is 0 Å². The third-order valence-electron chi connectivity index (χ3n) is 1.68. The van der Waals surface area contributed by atoms with Crippen LogP contribution >= 0.6 is 0 Å². The molecule has 1 aromatic rings. The smallest absolute Gasteiger partial charge is 0.0713 e. The van der Waals surface area contributed by atoms with Crippen LogP contribution in [0.1, 0.15) is 5.56 Å². The maximum absolute atomic E-state index is 11.3. The molecule has 0 heterocycles. The summed E-state index contributed by atoms with van der Waals surface area (Å²) in [4.78, 5) is 0.562. The molecule has 0 saturated heterocycles. The van der Waals surface area contributed by atoms with Gasteiger partial charge in [-0.2, -0.15) is 0 Å². The van der Waals surface area contributed by atoms with Crippen LogP contribution in [0.15, 0.2) is 29.2 Å². The van der Waals surface area contributed by atoms with Gasteiger partial charge >= 0.3 is 0 Å². The molecule has 0 spiro atoms. The van der Waals surface area contributed by atoms with E-state index in [1.54, 1.807) is 19.2 Å². The fourth-order valence-electron chi connectivity index (χ4n) is 1.01. The molecule has 13 heavy (non-hydrogen) atoms. The highest BCUT2D eigenvalue weighted by Crippen LogP contribution is 2.11. The SMILES string of the molecule is COCc1ccc(S(C)(=N)=O)cc1. The lowest BCUT2D eigenvalue weighted by molar-refractivity contribution is 0.185. The molecule has 1 rings (SSSR count). The number of hydrogen-bond acceptors (Lipinski definition) is 3. The number of methoxy groups -OCH3 is 1. The lowest BCUT2D eigenvalue weighted by atomic mass is 10.2. The van der Waals surface area contributed by atoms with Crippen molar-refractivity contribution in [1.29, 1.82) is 4.78 Å². The Balaban J connectivity index is 2.94. The maximum atomic E-state index is 11.3. The largest absolute Gasteiger partial charge is 0.380 e. The molecule has 4 heteroatoms. The third-order valence-corrected chi connectivity index (χ3v) is 2.86. The zero-order valence-electron chi connectivity index (χ0n) is 7.74. The lowest BCUT2D eigenvalue weighted by Gasteiger charge is -2.02. The fourth-order valence-corrected chi connectivity index (χ4v) is 1.67. The van der Waals surface area contributed by atoms with Crippen LogP contribution in [0.4, 0.5) is 0 Å². The van der Waals surface area contributed by atoms with Crippen molar-refractivity contribution in [1.82, 2.24) is 0 Å². The molecule has 0 bridgehead atoms. The minimum Gasteiger partial charge on any atom is -0.380 e. The number of rotatable bonds is 3. The number of ether oxygens (including phenoxy) is 1. The Morgan fingerprint density at radius 2 is 1.92 bits per heavy atom. The first kappa shape index (κ1) is 10.2. The first-order valence-electron chi connectivity index (χ1n) is 3.86. The van der Waals surface area contributed by atoms with Crippen LogP contribution in [0.3, 0.4) is 0 Å². The molecule has 0 aliphatic heterocycles. The summed E-state index contributed by atoms with van der Waals surface area (Å²) in [5.74, 6) is 0. The van der Waals surface area contributed by atoms with E-state index in [1.807, 2.05) is 12.1 Å². The first-order valence-corrected chi connectivity index (χ1v) is 5.82. The quantitative estimate of drug-likeness (QED) is 0.807. The fraction of sp³-hybridized carbons (Fsp3) is 0.333. The third kappa shape index (κ3) is 2.82. The van der Waals surface area contributed by atoms with Crippen molar-refractivity contribution < 1.29 is 8.95 Å². The van der Waals surface area contributed by atoms with E-state index >= 15 is 0 Å². The molecule has 0 aliphatic carbocycles. The number of hydrogen-bond donors (Lipinski definition) is 1. The Labute approximate surface area is 78.7 Å². The summed E-state index contributed by atoms with van der Waals surface area (Å²) in [6.07, 6.45) is 1.42. The van der Waals surface area contributed by atoms with E-state index in [0.717, 1.165) is 5.56 Å². The zero-order chi connectivity index (χ0) is 9.90. The second-order valence-corrected chi connectivity index (χ2v) is 5.08. The number of benzene rings is 1. The predicted octanol–water partition coefficient (Wildman–Crippen LogP) is 1.87. The van der Waals surface area contributed by atoms with Crippen molar-refractivity contribution in [3.63, 3.8) is 0 Å². The average molecular weight is 199 g/mol. The molecular formula is C9H13NO2S. The van der Waals surface area contributed by atoms with Crippen LogP contribution < -0.4 is 0 Å². The highest BCUT2D eigenvalue weighted by Gasteiger charge is 2.01. The van der Waals surface area contributed by atoms with Gasteiger partial charge in [-0.1, -0.05) is 12.1 Å². The van der Waals surface area contributed by atoms with E-state index in [-0.39, 0.29) is 0 Å². The molecule has 0 fully saturated rings. The summed E-state index contributed by atoms with van der Waals surface area (Å²) < 4.78 is 23.6. The number of nitrogens with one attached hydrogen (secondary N) is 1. The van der Waals surface area contributed by atoms with Crippen molar-refractivity contribution in [2.45, 2.75) is 11.5 Å². The van der Waals surface area contributed by atoms with E-state index in [0.29, 0.717) is 11.5 Å².